The van der Waals surface area contributed by atoms with Crippen molar-refractivity contribution in [3.05, 3.63) is 29.8 Å². The van der Waals surface area contributed by atoms with E-state index in [0.717, 1.165) is 37.7 Å². The lowest BCUT2D eigenvalue weighted by molar-refractivity contribution is 0.213. The Balaban J connectivity index is 2.09. The summed E-state index contributed by atoms with van der Waals surface area (Å²) < 4.78 is 27.4. The molecule has 0 aliphatic heterocycles. The highest BCUT2D eigenvalue weighted by Crippen LogP contribution is 2.26. The molecule has 2 atom stereocenters. The average Bonchev–Trinajstić information content (AvgIpc) is 2.86. The molecule has 4 nitrogen and oxygen atoms in total. The van der Waals surface area contributed by atoms with E-state index in [2.05, 4.69) is 11.6 Å². The van der Waals surface area contributed by atoms with Crippen LogP contribution in [0.25, 0.3) is 0 Å². The van der Waals surface area contributed by atoms with Gasteiger partial charge in [-0.05, 0) is 42.9 Å². The Labute approximate surface area is 121 Å². The number of aryl methyl sites for hydroxylation is 1. The van der Waals surface area contributed by atoms with Gasteiger partial charge in [-0.1, -0.05) is 31.9 Å². The van der Waals surface area contributed by atoms with E-state index in [1.807, 2.05) is 12.1 Å². The second-order valence-corrected chi connectivity index (χ2v) is 7.21. The molecular weight excluding hydrogens is 274 g/mol. The summed E-state index contributed by atoms with van der Waals surface area (Å²) in [7, 11) is -3.48. The summed E-state index contributed by atoms with van der Waals surface area (Å²) in [6.45, 7) is 2.14. The first-order valence-electron chi connectivity index (χ1n) is 7.29. The fourth-order valence-electron chi connectivity index (χ4n) is 2.80. The van der Waals surface area contributed by atoms with Gasteiger partial charge in [-0.25, -0.2) is 13.1 Å². The summed E-state index contributed by atoms with van der Waals surface area (Å²) in [5.74, 6) is 0.0455. The normalized spacial score (nSPS) is 23.1. The molecule has 0 saturated heterocycles. The number of nitrogens with one attached hydrogen (secondary N) is 1. The average molecular weight is 297 g/mol. The maximum absolute atomic E-state index is 12.3. The Bertz CT molecular complexity index is 525. The smallest absolute Gasteiger partial charge is 0.240 e. The zero-order valence-electron chi connectivity index (χ0n) is 11.9. The van der Waals surface area contributed by atoms with E-state index < -0.39 is 10.0 Å². The van der Waals surface area contributed by atoms with Crippen LogP contribution in [0.1, 0.15) is 38.2 Å². The first-order chi connectivity index (χ1) is 9.56. The Morgan fingerprint density at radius 2 is 1.95 bits per heavy atom. The Morgan fingerprint density at radius 1 is 1.25 bits per heavy atom. The fourth-order valence-corrected chi connectivity index (χ4v) is 4.14. The van der Waals surface area contributed by atoms with Gasteiger partial charge in [-0.3, -0.25) is 0 Å². The molecule has 2 rings (SSSR count). The Kier molecular flexibility index (Phi) is 5.18. The van der Waals surface area contributed by atoms with Crippen LogP contribution in [0, 0.1) is 5.92 Å². The van der Waals surface area contributed by atoms with Crippen molar-refractivity contribution in [3.8, 4) is 0 Å². The standard InChI is InChI=1S/C15H23NO3S/c1-2-4-12-7-9-14(10-8-12)20(18,19)16-15-6-3-5-13(15)11-17/h7-10,13,15-17H,2-6,11H2,1H3. The van der Waals surface area contributed by atoms with Crippen LogP contribution in [0.15, 0.2) is 29.2 Å². The van der Waals surface area contributed by atoms with E-state index in [9.17, 15) is 13.5 Å². The van der Waals surface area contributed by atoms with Crippen LogP contribution in [0.3, 0.4) is 0 Å². The molecule has 112 valence electrons. The van der Waals surface area contributed by atoms with Crippen LogP contribution in [0.2, 0.25) is 0 Å². The number of hydrogen-bond acceptors (Lipinski definition) is 3. The minimum absolute atomic E-state index is 0.0443. The lowest BCUT2D eigenvalue weighted by atomic mass is 10.1. The van der Waals surface area contributed by atoms with Gasteiger partial charge in [0.25, 0.3) is 0 Å². The maximum Gasteiger partial charge on any atom is 0.240 e. The largest absolute Gasteiger partial charge is 0.396 e. The predicted octanol–water partition coefficient (Wildman–Crippen LogP) is 2.08. The highest BCUT2D eigenvalue weighted by atomic mass is 32.2. The van der Waals surface area contributed by atoms with Gasteiger partial charge in [0.2, 0.25) is 10.0 Å². The van der Waals surface area contributed by atoms with Crippen LogP contribution in [0.5, 0.6) is 0 Å². The topological polar surface area (TPSA) is 66.4 Å². The molecule has 0 bridgehead atoms. The molecule has 1 aliphatic rings. The molecule has 1 fully saturated rings. The quantitative estimate of drug-likeness (QED) is 0.845. The van der Waals surface area contributed by atoms with E-state index in [1.165, 1.54) is 0 Å². The third kappa shape index (κ3) is 3.59. The fraction of sp³-hybridized carbons (Fsp3) is 0.600. The van der Waals surface area contributed by atoms with Crippen LogP contribution >= 0.6 is 0 Å². The molecule has 20 heavy (non-hydrogen) atoms. The maximum atomic E-state index is 12.3. The van der Waals surface area contributed by atoms with E-state index in [-0.39, 0.29) is 18.6 Å². The van der Waals surface area contributed by atoms with Crippen molar-refractivity contribution < 1.29 is 13.5 Å². The Morgan fingerprint density at radius 3 is 2.55 bits per heavy atom. The van der Waals surface area contributed by atoms with Crippen molar-refractivity contribution in [2.45, 2.75) is 50.0 Å². The van der Waals surface area contributed by atoms with E-state index in [1.54, 1.807) is 12.1 Å². The van der Waals surface area contributed by atoms with Crippen LogP contribution < -0.4 is 4.72 Å². The number of rotatable bonds is 6. The lowest BCUT2D eigenvalue weighted by Gasteiger charge is -2.19. The third-order valence-corrected chi connectivity index (χ3v) is 5.48. The highest BCUT2D eigenvalue weighted by molar-refractivity contribution is 7.89. The molecule has 0 radical (unpaired) electrons. The van der Waals surface area contributed by atoms with Gasteiger partial charge in [0.05, 0.1) is 4.90 Å². The second-order valence-electron chi connectivity index (χ2n) is 5.50. The molecule has 0 aromatic heterocycles. The molecule has 1 aliphatic carbocycles. The van der Waals surface area contributed by atoms with Crippen LogP contribution in [-0.2, 0) is 16.4 Å². The lowest BCUT2D eigenvalue weighted by Crippen LogP contribution is -2.38. The van der Waals surface area contributed by atoms with Gasteiger partial charge in [0.15, 0.2) is 0 Å². The van der Waals surface area contributed by atoms with Crippen molar-refractivity contribution in [3.63, 3.8) is 0 Å². The Hall–Kier alpha value is -0.910. The van der Waals surface area contributed by atoms with Crippen LogP contribution in [-0.4, -0.2) is 26.2 Å². The molecule has 0 amide bonds. The summed E-state index contributed by atoms with van der Waals surface area (Å²) in [6.07, 6.45) is 4.67. The third-order valence-electron chi connectivity index (χ3n) is 3.97. The SMILES string of the molecule is CCCc1ccc(S(=O)(=O)NC2CCCC2CO)cc1. The predicted molar refractivity (Wildman–Crippen MR) is 79.0 cm³/mol. The summed E-state index contributed by atoms with van der Waals surface area (Å²) in [5, 5.41) is 9.26. The molecular formula is C15H23NO3S. The second kappa shape index (κ2) is 6.70. The van der Waals surface area contributed by atoms with Crippen molar-refractivity contribution in [2.75, 3.05) is 6.61 Å². The number of aliphatic hydroxyl groups excluding tert-OH is 1. The van der Waals surface area contributed by atoms with Gasteiger partial charge in [-0.15, -0.1) is 0 Å². The summed E-state index contributed by atoms with van der Waals surface area (Å²) in [6, 6.07) is 6.93. The molecule has 1 aromatic rings. The van der Waals surface area contributed by atoms with Crippen molar-refractivity contribution in [1.29, 1.82) is 0 Å². The van der Waals surface area contributed by atoms with Crippen LogP contribution in [0.4, 0.5) is 0 Å². The zero-order valence-corrected chi connectivity index (χ0v) is 12.7. The summed E-state index contributed by atoms with van der Waals surface area (Å²) in [5.41, 5.74) is 1.15. The molecule has 2 N–H and O–H groups in total. The molecule has 1 saturated carbocycles. The zero-order chi connectivity index (χ0) is 14.6. The van der Waals surface area contributed by atoms with E-state index in [0.29, 0.717) is 4.90 Å². The van der Waals surface area contributed by atoms with Gasteiger partial charge >= 0.3 is 0 Å². The van der Waals surface area contributed by atoms with E-state index in [4.69, 9.17) is 0 Å². The molecule has 1 aromatic carbocycles. The highest BCUT2D eigenvalue weighted by Gasteiger charge is 2.30. The van der Waals surface area contributed by atoms with Gasteiger partial charge < -0.3 is 5.11 Å². The monoisotopic (exact) mass is 297 g/mol. The van der Waals surface area contributed by atoms with Crippen molar-refractivity contribution in [1.82, 2.24) is 4.72 Å². The summed E-state index contributed by atoms with van der Waals surface area (Å²) >= 11 is 0. The number of benzene rings is 1. The molecule has 5 heteroatoms. The number of aliphatic hydroxyl groups is 1. The minimum atomic E-state index is -3.48. The number of hydrogen-bond donors (Lipinski definition) is 2. The van der Waals surface area contributed by atoms with Gasteiger partial charge in [-0.2, -0.15) is 0 Å². The van der Waals surface area contributed by atoms with Gasteiger partial charge in [0.1, 0.15) is 0 Å². The first kappa shape index (κ1) is 15.5. The molecule has 0 spiro atoms. The van der Waals surface area contributed by atoms with Crippen molar-refractivity contribution >= 4 is 10.0 Å². The van der Waals surface area contributed by atoms with E-state index >= 15 is 0 Å². The molecule has 2 unspecified atom stereocenters. The first-order valence-corrected chi connectivity index (χ1v) is 8.77. The summed E-state index contributed by atoms with van der Waals surface area (Å²) in [4.78, 5) is 0.306. The molecule has 0 heterocycles. The van der Waals surface area contributed by atoms with Gasteiger partial charge in [0, 0.05) is 12.6 Å². The minimum Gasteiger partial charge on any atom is -0.396 e. The van der Waals surface area contributed by atoms with Crippen molar-refractivity contribution in [2.24, 2.45) is 5.92 Å². The number of sulfonamides is 1.